The second-order valence-corrected chi connectivity index (χ2v) is 3.69. The van der Waals surface area contributed by atoms with E-state index >= 15 is 0 Å². The molecule has 1 aromatic heterocycles. The van der Waals surface area contributed by atoms with Crippen LogP contribution < -0.4 is 5.73 Å². The average molecular weight is 230 g/mol. The highest BCUT2D eigenvalue weighted by Crippen LogP contribution is 2.24. The third kappa shape index (κ3) is 1.97. The monoisotopic (exact) mass is 229 g/mol. The minimum atomic E-state index is 0.453. The Morgan fingerprint density at radius 3 is 2.56 bits per heavy atom. The highest BCUT2D eigenvalue weighted by molar-refractivity contribution is 6.31. The molecule has 2 aromatic rings. The third-order valence-electron chi connectivity index (χ3n) is 2.21. The van der Waals surface area contributed by atoms with Crippen LogP contribution in [0.5, 0.6) is 0 Å². The summed E-state index contributed by atoms with van der Waals surface area (Å²) >= 11 is 5.85. The van der Waals surface area contributed by atoms with E-state index in [1.807, 2.05) is 18.2 Å². The Balaban J connectivity index is 2.49. The Morgan fingerprint density at radius 2 is 1.94 bits per heavy atom. The summed E-state index contributed by atoms with van der Waals surface area (Å²) in [5.41, 5.74) is 7.76. The number of rotatable bonds is 1. The molecule has 1 heterocycles. The number of halogens is 1. The summed E-state index contributed by atoms with van der Waals surface area (Å²) in [7, 11) is 0. The fraction of sp³-hybridized carbons (Fsp3) is 0. The number of nitriles is 1. The van der Waals surface area contributed by atoms with Gasteiger partial charge >= 0.3 is 0 Å². The molecule has 2 N–H and O–H groups in total. The fourth-order valence-electron chi connectivity index (χ4n) is 1.37. The van der Waals surface area contributed by atoms with Crippen molar-refractivity contribution in [3.05, 3.63) is 47.1 Å². The van der Waals surface area contributed by atoms with E-state index < -0.39 is 0 Å². The first-order valence-corrected chi connectivity index (χ1v) is 5.00. The van der Waals surface area contributed by atoms with E-state index in [9.17, 15) is 0 Å². The smallest absolute Gasteiger partial charge is 0.123 e. The number of benzene rings is 1. The Bertz CT molecular complexity index is 555. The topological polar surface area (TPSA) is 62.7 Å². The van der Waals surface area contributed by atoms with Crippen molar-refractivity contribution in [1.82, 2.24) is 4.98 Å². The van der Waals surface area contributed by atoms with Gasteiger partial charge in [-0.15, -0.1) is 0 Å². The third-order valence-corrected chi connectivity index (χ3v) is 2.54. The van der Waals surface area contributed by atoms with Crippen molar-refractivity contribution in [3.63, 3.8) is 0 Å². The van der Waals surface area contributed by atoms with Gasteiger partial charge in [0.05, 0.1) is 10.6 Å². The molecule has 0 saturated heterocycles. The number of aromatic nitrogens is 1. The molecule has 0 aliphatic carbocycles. The lowest BCUT2D eigenvalue weighted by atomic mass is 10.1. The number of pyridine rings is 1. The van der Waals surface area contributed by atoms with E-state index in [-0.39, 0.29) is 0 Å². The van der Waals surface area contributed by atoms with Gasteiger partial charge in [-0.05, 0) is 29.8 Å². The van der Waals surface area contributed by atoms with Crippen molar-refractivity contribution >= 4 is 17.4 Å². The van der Waals surface area contributed by atoms with Crippen LogP contribution in [0.1, 0.15) is 5.56 Å². The molecule has 0 amide bonds. The molecule has 0 aliphatic rings. The van der Waals surface area contributed by atoms with Gasteiger partial charge in [-0.1, -0.05) is 17.7 Å². The molecule has 0 spiro atoms. The van der Waals surface area contributed by atoms with Crippen LogP contribution in [0.25, 0.3) is 11.1 Å². The molecule has 0 bridgehead atoms. The fourth-order valence-corrected chi connectivity index (χ4v) is 1.53. The minimum Gasteiger partial charge on any atom is -0.384 e. The molecule has 0 aliphatic heterocycles. The van der Waals surface area contributed by atoms with Crippen LogP contribution in [0.4, 0.5) is 5.82 Å². The molecule has 0 radical (unpaired) electrons. The molecule has 0 unspecified atom stereocenters. The second kappa shape index (κ2) is 4.21. The molecule has 78 valence electrons. The summed E-state index contributed by atoms with van der Waals surface area (Å²) in [5, 5.41) is 9.32. The summed E-state index contributed by atoms with van der Waals surface area (Å²) in [4.78, 5) is 4.00. The van der Waals surface area contributed by atoms with Crippen molar-refractivity contribution in [2.75, 3.05) is 5.73 Å². The number of nitrogens with zero attached hydrogens (tertiary/aromatic N) is 2. The van der Waals surface area contributed by atoms with Crippen molar-refractivity contribution < 1.29 is 0 Å². The van der Waals surface area contributed by atoms with Crippen LogP contribution in [0.3, 0.4) is 0 Å². The highest BCUT2D eigenvalue weighted by Gasteiger charge is 2.03. The van der Waals surface area contributed by atoms with E-state index in [0.29, 0.717) is 16.4 Å². The molecule has 0 fully saturated rings. The van der Waals surface area contributed by atoms with E-state index in [1.54, 1.807) is 24.4 Å². The summed E-state index contributed by atoms with van der Waals surface area (Å²) in [6.45, 7) is 0. The van der Waals surface area contributed by atoms with Crippen molar-refractivity contribution in [1.29, 1.82) is 5.26 Å². The van der Waals surface area contributed by atoms with Crippen molar-refractivity contribution in [3.8, 4) is 17.2 Å². The molecule has 0 atom stereocenters. The normalized spacial score (nSPS) is 9.75. The number of hydrogen-bond acceptors (Lipinski definition) is 3. The van der Waals surface area contributed by atoms with Gasteiger partial charge in [0.25, 0.3) is 0 Å². The predicted molar refractivity (Wildman–Crippen MR) is 63.8 cm³/mol. The van der Waals surface area contributed by atoms with Crippen molar-refractivity contribution in [2.24, 2.45) is 0 Å². The minimum absolute atomic E-state index is 0.453. The van der Waals surface area contributed by atoms with Gasteiger partial charge in [-0.25, -0.2) is 4.98 Å². The molecule has 3 nitrogen and oxygen atoms in total. The van der Waals surface area contributed by atoms with Crippen molar-refractivity contribution in [2.45, 2.75) is 0 Å². The summed E-state index contributed by atoms with van der Waals surface area (Å²) < 4.78 is 0. The van der Waals surface area contributed by atoms with Gasteiger partial charge in [0.2, 0.25) is 0 Å². The lowest BCUT2D eigenvalue weighted by Crippen LogP contribution is -1.89. The Hall–Kier alpha value is -2.05. The first kappa shape index (κ1) is 10.5. The van der Waals surface area contributed by atoms with Crippen LogP contribution in [-0.2, 0) is 0 Å². The number of nitrogens with two attached hydrogens (primary N) is 1. The zero-order chi connectivity index (χ0) is 11.5. The lowest BCUT2D eigenvalue weighted by Gasteiger charge is -2.03. The van der Waals surface area contributed by atoms with Gasteiger partial charge in [0.1, 0.15) is 11.9 Å². The SMILES string of the molecule is N#Cc1cc(-c2ccc(N)nc2)ccc1Cl. The summed E-state index contributed by atoms with van der Waals surface area (Å²) in [6.07, 6.45) is 1.67. The van der Waals surface area contributed by atoms with Crippen LogP contribution in [0.2, 0.25) is 5.02 Å². The summed E-state index contributed by atoms with van der Waals surface area (Å²) in [5.74, 6) is 0.471. The van der Waals surface area contributed by atoms with E-state index in [2.05, 4.69) is 4.98 Å². The maximum atomic E-state index is 8.86. The average Bonchev–Trinajstić information content (AvgIpc) is 2.31. The lowest BCUT2D eigenvalue weighted by molar-refractivity contribution is 1.33. The van der Waals surface area contributed by atoms with Gasteiger partial charge in [0, 0.05) is 11.8 Å². The van der Waals surface area contributed by atoms with Crippen LogP contribution in [0, 0.1) is 11.3 Å². The first-order chi connectivity index (χ1) is 7.70. The van der Waals surface area contributed by atoms with E-state index in [4.69, 9.17) is 22.6 Å². The maximum Gasteiger partial charge on any atom is 0.123 e. The van der Waals surface area contributed by atoms with Crippen LogP contribution in [0.15, 0.2) is 36.5 Å². The molecular weight excluding hydrogens is 222 g/mol. The number of anilines is 1. The zero-order valence-electron chi connectivity index (χ0n) is 8.31. The molecular formula is C12H8ClN3. The number of nitrogen functional groups attached to an aromatic ring is 1. The van der Waals surface area contributed by atoms with E-state index in [1.165, 1.54) is 0 Å². The Morgan fingerprint density at radius 1 is 1.19 bits per heavy atom. The van der Waals surface area contributed by atoms with E-state index in [0.717, 1.165) is 11.1 Å². The zero-order valence-corrected chi connectivity index (χ0v) is 9.07. The maximum absolute atomic E-state index is 8.86. The van der Waals surface area contributed by atoms with Gasteiger partial charge in [-0.2, -0.15) is 5.26 Å². The largest absolute Gasteiger partial charge is 0.384 e. The van der Waals surface area contributed by atoms with Gasteiger partial charge in [0.15, 0.2) is 0 Å². The Kier molecular flexibility index (Phi) is 2.76. The summed E-state index contributed by atoms with van der Waals surface area (Å²) in [6, 6.07) is 10.9. The standard InChI is InChI=1S/C12H8ClN3/c13-11-3-1-8(5-10(11)6-14)9-2-4-12(15)16-7-9/h1-5,7H,(H2,15,16). The van der Waals surface area contributed by atoms with Crippen LogP contribution >= 0.6 is 11.6 Å². The first-order valence-electron chi connectivity index (χ1n) is 4.62. The molecule has 1 aromatic carbocycles. The number of hydrogen-bond donors (Lipinski definition) is 1. The second-order valence-electron chi connectivity index (χ2n) is 3.28. The molecule has 2 rings (SSSR count). The van der Waals surface area contributed by atoms with Gasteiger partial charge < -0.3 is 5.73 Å². The molecule has 16 heavy (non-hydrogen) atoms. The predicted octanol–water partition coefficient (Wildman–Crippen LogP) is 2.86. The highest BCUT2D eigenvalue weighted by atomic mass is 35.5. The van der Waals surface area contributed by atoms with Crippen LogP contribution in [-0.4, -0.2) is 4.98 Å². The molecule has 0 saturated carbocycles. The Labute approximate surface area is 98.1 Å². The van der Waals surface area contributed by atoms with Gasteiger partial charge in [-0.3, -0.25) is 0 Å². The quantitative estimate of drug-likeness (QED) is 0.818. The molecule has 4 heteroatoms.